The third-order valence-corrected chi connectivity index (χ3v) is 4.11. The van der Waals surface area contributed by atoms with Crippen LogP contribution >= 0.6 is 15.9 Å². The second-order valence-electron chi connectivity index (χ2n) is 3.52. The van der Waals surface area contributed by atoms with Crippen LogP contribution in [-0.2, 0) is 10.0 Å². The van der Waals surface area contributed by atoms with Crippen LogP contribution in [0.2, 0.25) is 0 Å². The monoisotopic (exact) mass is 348 g/mol. The summed E-state index contributed by atoms with van der Waals surface area (Å²) in [5, 5.41) is -0.738. The fourth-order valence-electron chi connectivity index (χ4n) is 1.33. The van der Waals surface area contributed by atoms with Crippen molar-refractivity contribution >= 4 is 31.6 Å². The minimum atomic E-state index is -4.19. The highest BCUT2D eigenvalue weighted by atomic mass is 79.9. The molecule has 0 unspecified atom stereocenters. The van der Waals surface area contributed by atoms with E-state index in [1.165, 1.54) is 18.2 Å². The summed E-state index contributed by atoms with van der Waals surface area (Å²) in [6, 6.07) is 5.90. The summed E-state index contributed by atoms with van der Waals surface area (Å²) in [5.74, 6) is -1.62. The Bertz CT molecular complexity index is 722. The van der Waals surface area contributed by atoms with Crippen LogP contribution in [0.1, 0.15) is 0 Å². The Kier molecular flexibility index (Phi) is 3.81. The first kappa shape index (κ1) is 13.9. The molecule has 2 rings (SSSR count). The molecule has 2 aromatic rings. The summed E-state index contributed by atoms with van der Waals surface area (Å²) >= 11 is 2.94. The lowest BCUT2D eigenvalue weighted by atomic mass is 10.3. The maximum atomic E-state index is 13.4. The highest BCUT2D eigenvalue weighted by molar-refractivity contribution is 9.10. The molecule has 8 heteroatoms. The van der Waals surface area contributed by atoms with E-state index >= 15 is 0 Å². The lowest BCUT2D eigenvalue weighted by Gasteiger charge is -2.08. The molecule has 0 aliphatic rings. The van der Waals surface area contributed by atoms with Crippen LogP contribution in [0.5, 0.6) is 0 Å². The molecule has 1 N–H and O–H groups in total. The second-order valence-corrected chi connectivity index (χ2v) is 5.98. The molecule has 19 heavy (non-hydrogen) atoms. The van der Waals surface area contributed by atoms with Crippen molar-refractivity contribution in [3.05, 3.63) is 52.6 Å². The molecular weight excluding hydrogens is 342 g/mol. The largest absolute Gasteiger partial charge is 0.282 e. The predicted octanol–water partition coefficient (Wildman–Crippen LogP) is 2.92. The maximum Gasteiger partial charge on any atom is 0.282 e. The first-order chi connectivity index (χ1) is 8.90. The van der Waals surface area contributed by atoms with Gasteiger partial charge < -0.3 is 0 Å². The Balaban J connectivity index is 2.37. The average molecular weight is 349 g/mol. The van der Waals surface area contributed by atoms with Gasteiger partial charge in [0.2, 0.25) is 5.03 Å². The highest BCUT2D eigenvalue weighted by Crippen LogP contribution is 2.22. The molecule has 0 spiro atoms. The summed E-state index contributed by atoms with van der Waals surface area (Å²) < 4.78 is 52.6. The molecule has 0 bridgehead atoms. The van der Waals surface area contributed by atoms with Gasteiger partial charge >= 0.3 is 0 Å². The summed E-state index contributed by atoms with van der Waals surface area (Å²) in [6.45, 7) is 0. The Hall–Kier alpha value is -1.54. The number of nitrogens with one attached hydrogen (secondary N) is 1. The van der Waals surface area contributed by atoms with Crippen LogP contribution in [0.25, 0.3) is 0 Å². The van der Waals surface area contributed by atoms with Gasteiger partial charge in [0.05, 0.1) is 10.2 Å². The van der Waals surface area contributed by atoms with E-state index in [-0.39, 0.29) is 10.2 Å². The first-order valence-electron chi connectivity index (χ1n) is 4.98. The van der Waals surface area contributed by atoms with Gasteiger partial charge in [-0.3, -0.25) is 4.72 Å². The number of benzene rings is 1. The third kappa shape index (κ3) is 3.07. The van der Waals surface area contributed by atoms with Crippen LogP contribution in [-0.4, -0.2) is 13.4 Å². The summed E-state index contributed by atoms with van der Waals surface area (Å²) in [4.78, 5) is 3.46. The molecule has 0 radical (unpaired) electrons. The molecule has 0 aliphatic heterocycles. The number of hydrogen-bond donors (Lipinski definition) is 1. The lowest BCUT2D eigenvalue weighted by Crippen LogP contribution is -2.16. The van der Waals surface area contributed by atoms with Gasteiger partial charge in [-0.2, -0.15) is 8.42 Å². The second kappa shape index (κ2) is 5.22. The Morgan fingerprint density at radius 1 is 1.16 bits per heavy atom. The van der Waals surface area contributed by atoms with Crippen molar-refractivity contribution in [3.8, 4) is 0 Å². The van der Waals surface area contributed by atoms with Gasteiger partial charge in [-0.1, -0.05) is 0 Å². The van der Waals surface area contributed by atoms with Crippen molar-refractivity contribution in [1.82, 2.24) is 4.98 Å². The number of anilines is 1. The number of rotatable bonds is 3. The maximum absolute atomic E-state index is 13.4. The summed E-state index contributed by atoms with van der Waals surface area (Å²) in [5.41, 5.74) is -0.0225. The van der Waals surface area contributed by atoms with Crippen molar-refractivity contribution in [2.45, 2.75) is 5.03 Å². The van der Waals surface area contributed by atoms with Gasteiger partial charge in [0, 0.05) is 6.20 Å². The average Bonchev–Trinajstić information content (AvgIpc) is 2.34. The van der Waals surface area contributed by atoms with Crippen molar-refractivity contribution < 1.29 is 17.2 Å². The summed E-state index contributed by atoms with van der Waals surface area (Å²) in [7, 11) is -4.19. The van der Waals surface area contributed by atoms with Crippen molar-refractivity contribution in [1.29, 1.82) is 0 Å². The number of halogens is 3. The van der Waals surface area contributed by atoms with Crippen LogP contribution in [0.15, 0.2) is 46.0 Å². The molecule has 0 fully saturated rings. The number of hydrogen-bond acceptors (Lipinski definition) is 3. The zero-order valence-electron chi connectivity index (χ0n) is 9.27. The van der Waals surface area contributed by atoms with Gasteiger partial charge in [-0.05, 0) is 46.3 Å². The lowest BCUT2D eigenvalue weighted by molar-refractivity contribution is 0.557. The van der Waals surface area contributed by atoms with E-state index in [1.54, 1.807) is 0 Å². The minimum Gasteiger partial charge on any atom is -0.278 e. The van der Waals surface area contributed by atoms with E-state index in [0.717, 1.165) is 18.3 Å². The fourth-order valence-corrected chi connectivity index (χ4v) is 2.64. The van der Waals surface area contributed by atoms with E-state index in [2.05, 4.69) is 25.6 Å². The van der Waals surface area contributed by atoms with E-state index < -0.39 is 26.7 Å². The van der Waals surface area contributed by atoms with Crippen molar-refractivity contribution in [2.24, 2.45) is 0 Å². The van der Waals surface area contributed by atoms with E-state index in [0.29, 0.717) is 0 Å². The number of aromatic nitrogens is 1. The van der Waals surface area contributed by atoms with Gasteiger partial charge in [0.25, 0.3) is 10.0 Å². The first-order valence-corrected chi connectivity index (χ1v) is 7.26. The van der Waals surface area contributed by atoms with Gasteiger partial charge in [-0.25, -0.2) is 13.8 Å². The molecule has 100 valence electrons. The summed E-state index contributed by atoms with van der Waals surface area (Å²) in [6.07, 6.45) is 1.15. The number of pyridine rings is 1. The zero-order chi connectivity index (χ0) is 14.0. The predicted molar refractivity (Wildman–Crippen MR) is 69.1 cm³/mol. The normalized spacial score (nSPS) is 11.3. The third-order valence-electron chi connectivity index (χ3n) is 2.15. The molecule has 1 heterocycles. The standard InChI is InChI=1S/C11H7BrF2N2O2S/c12-8-4-3-7(6-10(8)14)16-19(17,18)11-9(13)2-1-5-15-11/h1-6,16H. The molecule has 0 amide bonds. The molecular formula is C11H7BrF2N2O2S. The Labute approximate surface area is 116 Å². The minimum absolute atomic E-state index is 0.0225. The SMILES string of the molecule is O=S(=O)(Nc1ccc(Br)c(F)c1)c1ncccc1F. The van der Waals surface area contributed by atoms with E-state index in [1.807, 2.05) is 0 Å². The smallest absolute Gasteiger partial charge is 0.278 e. The van der Waals surface area contributed by atoms with Gasteiger partial charge in [-0.15, -0.1) is 0 Å². The van der Waals surface area contributed by atoms with Gasteiger partial charge in [0.15, 0.2) is 5.82 Å². The molecule has 1 aromatic carbocycles. The van der Waals surface area contributed by atoms with Crippen molar-refractivity contribution in [3.63, 3.8) is 0 Å². The van der Waals surface area contributed by atoms with Crippen LogP contribution in [0.4, 0.5) is 14.5 Å². The quantitative estimate of drug-likeness (QED) is 0.927. The van der Waals surface area contributed by atoms with Crippen LogP contribution in [0, 0.1) is 11.6 Å². The number of sulfonamides is 1. The van der Waals surface area contributed by atoms with Crippen molar-refractivity contribution in [2.75, 3.05) is 4.72 Å². The topological polar surface area (TPSA) is 59.1 Å². The van der Waals surface area contributed by atoms with E-state index in [9.17, 15) is 17.2 Å². The molecule has 0 saturated heterocycles. The number of nitrogens with zero attached hydrogens (tertiary/aromatic N) is 1. The Morgan fingerprint density at radius 3 is 2.53 bits per heavy atom. The molecule has 4 nitrogen and oxygen atoms in total. The van der Waals surface area contributed by atoms with Crippen LogP contribution in [0.3, 0.4) is 0 Å². The highest BCUT2D eigenvalue weighted by Gasteiger charge is 2.20. The molecule has 0 aliphatic carbocycles. The molecule has 0 atom stereocenters. The Morgan fingerprint density at radius 2 is 1.89 bits per heavy atom. The van der Waals surface area contributed by atoms with Gasteiger partial charge in [0.1, 0.15) is 5.82 Å². The van der Waals surface area contributed by atoms with Crippen LogP contribution < -0.4 is 4.72 Å². The zero-order valence-corrected chi connectivity index (χ0v) is 11.7. The van der Waals surface area contributed by atoms with E-state index in [4.69, 9.17) is 0 Å². The molecule has 0 saturated carbocycles. The fraction of sp³-hybridized carbons (Fsp3) is 0. The molecule has 1 aromatic heterocycles.